The van der Waals surface area contributed by atoms with E-state index in [2.05, 4.69) is 31.2 Å². The molecule has 29 heavy (non-hydrogen) atoms. The smallest absolute Gasteiger partial charge is 0.135 e. The van der Waals surface area contributed by atoms with Crippen molar-refractivity contribution in [2.45, 2.75) is 0 Å². The summed E-state index contributed by atoms with van der Waals surface area (Å²) in [5.41, 5.74) is 7.82. The predicted molar refractivity (Wildman–Crippen MR) is 110 cm³/mol. The summed E-state index contributed by atoms with van der Waals surface area (Å²) in [6.45, 7) is 0. The van der Waals surface area contributed by atoms with E-state index in [9.17, 15) is 0 Å². The Morgan fingerprint density at radius 2 is 1.93 bits per heavy atom. The van der Waals surface area contributed by atoms with Crippen LogP contribution in [-0.4, -0.2) is 30.1 Å². The molecule has 6 aromatic heterocycles. The Balaban J connectivity index is 1.53. The van der Waals surface area contributed by atoms with E-state index in [1.54, 1.807) is 18.7 Å². The molecule has 0 aromatic carbocycles. The first-order chi connectivity index (χ1) is 14.4. The van der Waals surface area contributed by atoms with Crippen molar-refractivity contribution in [2.75, 3.05) is 0 Å². The summed E-state index contributed by atoms with van der Waals surface area (Å²) < 4.78 is 5.24. The Kier molecular flexibility index (Phi) is 3.33. The largest absolute Gasteiger partial charge is 0.472 e. The van der Waals surface area contributed by atoms with Crippen LogP contribution in [0.5, 0.6) is 0 Å². The van der Waals surface area contributed by atoms with Crippen molar-refractivity contribution in [3.63, 3.8) is 0 Å². The second-order valence-corrected chi connectivity index (χ2v) is 6.72. The van der Waals surface area contributed by atoms with Crippen molar-refractivity contribution >= 4 is 21.9 Å². The molecule has 2 N–H and O–H groups in total. The molecule has 0 radical (unpaired) electrons. The third-order valence-corrected chi connectivity index (χ3v) is 4.97. The van der Waals surface area contributed by atoms with Crippen LogP contribution < -0.4 is 0 Å². The molecule has 0 saturated carbocycles. The minimum Gasteiger partial charge on any atom is -0.472 e. The van der Waals surface area contributed by atoms with Crippen molar-refractivity contribution in [1.29, 1.82) is 0 Å². The van der Waals surface area contributed by atoms with Gasteiger partial charge in [0.15, 0.2) is 0 Å². The monoisotopic (exact) mass is 378 g/mol. The summed E-state index contributed by atoms with van der Waals surface area (Å²) >= 11 is 0. The molecule has 0 bridgehead atoms. The zero-order valence-electron chi connectivity index (χ0n) is 15.1. The number of fused-ring (bicyclic) bond motifs is 2. The van der Waals surface area contributed by atoms with Gasteiger partial charge in [0.25, 0.3) is 0 Å². The van der Waals surface area contributed by atoms with Crippen LogP contribution in [-0.2, 0) is 0 Å². The fourth-order valence-corrected chi connectivity index (χ4v) is 3.57. The Morgan fingerprint density at radius 3 is 2.79 bits per heavy atom. The molecular weight excluding hydrogens is 364 g/mol. The number of hydrogen-bond acceptors (Lipinski definition) is 5. The number of rotatable bonds is 3. The summed E-state index contributed by atoms with van der Waals surface area (Å²) in [5.74, 6) is 0. The molecule has 0 atom stereocenters. The van der Waals surface area contributed by atoms with Crippen molar-refractivity contribution < 1.29 is 4.42 Å². The molecule has 0 unspecified atom stereocenters. The Hall–Kier alpha value is -4.26. The number of hydrogen-bond donors (Lipinski definition) is 2. The molecule has 7 nitrogen and oxygen atoms in total. The van der Waals surface area contributed by atoms with Gasteiger partial charge in [-0.1, -0.05) is 6.07 Å². The normalized spacial score (nSPS) is 11.4. The minimum atomic E-state index is 0.757. The van der Waals surface area contributed by atoms with Crippen molar-refractivity contribution in [2.24, 2.45) is 0 Å². The van der Waals surface area contributed by atoms with Gasteiger partial charge in [-0.25, -0.2) is 4.98 Å². The average molecular weight is 378 g/mol. The van der Waals surface area contributed by atoms with E-state index in [4.69, 9.17) is 9.40 Å². The van der Waals surface area contributed by atoms with Gasteiger partial charge in [0.1, 0.15) is 11.2 Å². The Labute approximate surface area is 164 Å². The molecule has 6 aromatic rings. The number of aromatic amines is 2. The highest BCUT2D eigenvalue weighted by atomic mass is 16.3. The maximum Gasteiger partial charge on any atom is 0.135 e. The summed E-state index contributed by atoms with van der Waals surface area (Å²) in [6.07, 6.45) is 8.79. The second kappa shape index (κ2) is 6.13. The maximum absolute atomic E-state index is 5.24. The molecular formula is C22H14N6O. The third-order valence-electron chi connectivity index (χ3n) is 4.97. The third kappa shape index (κ3) is 2.52. The van der Waals surface area contributed by atoms with E-state index in [-0.39, 0.29) is 0 Å². The first-order valence-corrected chi connectivity index (χ1v) is 9.13. The summed E-state index contributed by atoms with van der Waals surface area (Å²) in [6, 6.07) is 13.7. The molecule has 0 fully saturated rings. The van der Waals surface area contributed by atoms with Gasteiger partial charge in [0.05, 0.1) is 46.8 Å². The number of nitrogens with zero attached hydrogens (tertiary/aromatic N) is 4. The van der Waals surface area contributed by atoms with Gasteiger partial charge in [-0.05, 0) is 36.4 Å². The number of aromatic nitrogens is 6. The highest BCUT2D eigenvalue weighted by Gasteiger charge is 2.16. The summed E-state index contributed by atoms with van der Waals surface area (Å²) in [5, 5.41) is 8.63. The molecule has 7 heteroatoms. The van der Waals surface area contributed by atoms with Crippen LogP contribution >= 0.6 is 0 Å². The SMILES string of the molecule is c1ccc(-c2ccc3[nH]nc(-c4cc5c(-c6ccoc6)cncc5[nH]4)c3n2)nc1. The van der Waals surface area contributed by atoms with E-state index >= 15 is 0 Å². The average Bonchev–Trinajstić information content (AvgIpc) is 3.52. The Bertz CT molecular complexity index is 1450. The van der Waals surface area contributed by atoms with E-state index in [0.717, 1.165) is 55.8 Å². The topological polar surface area (TPSA) is 96.3 Å². The lowest BCUT2D eigenvalue weighted by Gasteiger charge is -2.00. The second-order valence-electron chi connectivity index (χ2n) is 6.72. The van der Waals surface area contributed by atoms with Gasteiger partial charge >= 0.3 is 0 Å². The molecule has 0 aliphatic carbocycles. The van der Waals surface area contributed by atoms with E-state index < -0.39 is 0 Å². The molecule has 0 spiro atoms. The maximum atomic E-state index is 5.24. The number of furan rings is 1. The standard InChI is InChI=1S/C22H14N6O/c1-2-7-24-16(3-1)17-4-5-18-21(26-17)22(28-27-18)19-9-14-15(13-6-8-29-12-13)10-23-11-20(14)25-19/h1-12,25H,(H,27,28). The van der Waals surface area contributed by atoms with E-state index in [0.29, 0.717) is 0 Å². The number of H-pyrrole nitrogens is 2. The van der Waals surface area contributed by atoms with E-state index in [1.807, 2.05) is 48.8 Å². The molecule has 0 aliphatic heterocycles. The first-order valence-electron chi connectivity index (χ1n) is 9.13. The highest BCUT2D eigenvalue weighted by molar-refractivity contribution is 5.99. The number of nitrogens with one attached hydrogen (secondary N) is 2. The lowest BCUT2D eigenvalue weighted by Crippen LogP contribution is -1.87. The van der Waals surface area contributed by atoms with Crippen LogP contribution in [0.4, 0.5) is 0 Å². The number of pyridine rings is 3. The van der Waals surface area contributed by atoms with Crippen LogP contribution in [0.2, 0.25) is 0 Å². The van der Waals surface area contributed by atoms with Crippen molar-refractivity contribution in [3.8, 4) is 33.9 Å². The van der Waals surface area contributed by atoms with Gasteiger partial charge in [-0.15, -0.1) is 0 Å². The first kappa shape index (κ1) is 15.8. The molecule has 0 aliphatic rings. The summed E-state index contributed by atoms with van der Waals surface area (Å²) in [7, 11) is 0. The molecule has 0 amide bonds. The zero-order valence-corrected chi connectivity index (χ0v) is 15.1. The van der Waals surface area contributed by atoms with Crippen LogP contribution in [0.1, 0.15) is 0 Å². The zero-order chi connectivity index (χ0) is 19.2. The molecule has 0 saturated heterocycles. The summed E-state index contributed by atoms with van der Waals surface area (Å²) in [4.78, 5) is 17.0. The van der Waals surface area contributed by atoms with Gasteiger partial charge in [0.2, 0.25) is 0 Å². The van der Waals surface area contributed by atoms with E-state index in [1.165, 1.54) is 0 Å². The molecule has 138 valence electrons. The molecule has 6 heterocycles. The van der Waals surface area contributed by atoms with Gasteiger partial charge in [-0.3, -0.25) is 15.1 Å². The van der Waals surface area contributed by atoms with Gasteiger partial charge < -0.3 is 9.40 Å². The van der Waals surface area contributed by atoms with Crippen LogP contribution in [0.15, 0.2) is 78.0 Å². The van der Waals surface area contributed by atoms with Crippen molar-refractivity contribution in [1.82, 2.24) is 30.1 Å². The lowest BCUT2D eigenvalue weighted by molar-refractivity contribution is 0.568. The van der Waals surface area contributed by atoms with Crippen LogP contribution in [0, 0.1) is 0 Å². The van der Waals surface area contributed by atoms with Crippen LogP contribution in [0.25, 0.3) is 55.8 Å². The minimum absolute atomic E-state index is 0.757. The van der Waals surface area contributed by atoms with Crippen LogP contribution in [0.3, 0.4) is 0 Å². The van der Waals surface area contributed by atoms with Crippen molar-refractivity contribution in [3.05, 3.63) is 73.6 Å². The predicted octanol–water partition coefficient (Wildman–Crippen LogP) is 4.82. The fraction of sp³-hybridized carbons (Fsp3) is 0. The quantitative estimate of drug-likeness (QED) is 0.460. The highest BCUT2D eigenvalue weighted by Crippen LogP contribution is 2.33. The Morgan fingerprint density at radius 1 is 0.931 bits per heavy atom. The van der Waals surface area contributed by atoms with Gasteiger partial charge in [0, 0.05) is 28.9 Å². The van der Waals surface area contributed by atoms with Gasteiger partial charge in [-0.2, -0.15) is 5.10 Å². The molecule has 6 rings (SSSR count). The lowest BCUT2D eigenvalue weighted by atomic mass is 10.1. The fourth-order valence-electron chi connectivity index (χ4n) is 3.57.